The lowest BCUT2D eigenvalue weighted by Gasteiger charge is -2.17. The number of benzene rings is 1. The van der Waals surface area contributed by atoms with Gasteiger partial charge in [-0.05, 0) is 12.1 Å². The molecule has 0 N–H and O–H groups in total. The lowest BCUT2D eigenvalue weighted by molar-refractivity contribution is -0.140. The number of nitrogens with zero attached hydrogens (tertiary/aromatic N) is 3. The number of esters is 1. The van der Waals surface area contributed by atoms with Crippen molar-refractivity contribution in [2.45, 2.75) is 6.42 Å². The number of hydrogen-bond donors (Lipinski definition) is 0. The number of carbonyl (C=O) groups excluding carboxylic acids is 1. The van der Waals surface area contributed by atoms with Gasteiger partial charge in [-0.15, -0.1) is 0 Å². The maximum atomic E-state index is 11.1. The number of anilines is 1. The van der Waals surface area contributed by atoms with E-state index in [0.29, 0.717) is 13.0 Å². The molecule has 0 spiro atoms. The monoisotopic (exact) mass is 245 g/mol. The third-order valence-electron chi connectivity index (χ3n) is 2.71. The van der Waals surface area contributed by atoms with Crippen molar-refractivity contribution in [3.8, 4) is 0 Å². The third-order valence-corrected chi connectivity index (χ3v) is 2.71. The SMILES string of the molecule is COC(=O)CCN(C)c1cnc2ccccc2n1. The molecule has 94 valence electrons. The summed E-state index contributed by atoms with van der Waals surface area (Å²) >= 11 is 0. The van der Waals surface area contributed by atoms with Crippen LogP contribution in [-0.4, -0.2) is 36.6 Å². The van der Waals surface area contributed by atoms with E-state index in [1.165, 1.54) is 7.11 Å². The van der Waals surface area contributed by atoms with Crippen molar-refractivity contribution in [2.75, 3.05) is 25.6 Å². The van der Waals surface area contributed by atoms with E-state index in [1.54, 1.807) is 6.20 Å². The quantitative estimate of drug-likeness (QED) is 0.766. The molecule has 0 saturated heterocycles. The number of rotatable bonds is 4. The van der Waals surface area contributed by atoms with Gasteiger partial charge in [-0.2, -0.15) is 0 Å². The molecular weight excluding hydrogens is 230 g/mol. The van der Waals surface area contributed by atoms with Crippen molar-refractivity contribution in [1.29, 1.82) is 0 Å². The molecule has 0 fully saturated rings. The first-order valence-corrected chi connectivity index (χ1v) is 5.70. The van der Waals surface area contributed by atoms with Crippen molar-refractivity contribution in [1.82, 2.24) is 9.97 Å². The summed E-state index contributed by atoms with van der Waals surface area (Å²) in [5, 5.41) is 0. The van der Waals surface area contributed by atoms with Gasteiger partial charge in [0.2, 0.25) is 0 Å². The largest absolute Gasteiger partial charge is 0.469 e. The van der Waals surface area contributed by atoms with Crippen LogP contribution in [0.25, 0.3) is 11.0 Å². The molecule has 1 heterocycles. The highest BCUT2D eigenvalue weighted by Gasteiger charge is 2.07. The van der Waals surface area contributed by atoms with E-state index in [0.717, 1.165) is 16.9 Å². The summed E-state index contributed by atoms with van der Waals surface area (Å²) < 4.78 is 4.61. The summed E-state index contributed by atoms with van der Waals surface area (Å²) in [6, 6.07) is 7.69. The first kappa shape index (κ1) is 12.3. The Morgan fingerprint density at radius 1 is 1.33 bits per heavy atom. The Labute approximate surface area is 105 Å². The Morgan fingerprint density at radius 3 is 2.78 bits per heavy atom. The van der Waals surface area contributed by atoms with Gasteiger partial charge in [0.15, 0.2) is 0 Å². The Bertz CT molecular complexity index is 557. The number of hydrogen-bond acceptors (Lipinski definition) is 5. The molecule has 0 unspecified atom stereocenters. The fraction of sp³-hybridized carbons (Fsp3) is 0.308. The summed E-state index contributed by atoms with van der Waals surface area (Å²) in [6.07, 6.45) is 2.04. The van der Waals surface area contributed by atoms with Crippen LogP contribution in [0.5, 0.6) is 0 Å². The van der Waals surface area contributed by atoms with E-state index in [2.05, 4.69) is 14.7 Å². The summed E-state index contributed by atoms with van der Waals surface area (Å²) in [4.78, 5) is 21.8. The van der Waals surface area contributed by atoms with E-state index >= 15 is 0 Å². The van der Waals surface area contributed by atoms with Crippen LogP contribution in [-0.2, 0) is 9.53 Å². The molecule has 0 aliphatic heterocycles. The fourth-order valence-corrected chi connectivity index (χ4v) is 1.61. The standard InChI is InChI=1S/C13H15N3O2/c1-16(8-7-13(17)18-2)12-9-14-10-5-3-4-6-11(10)15-12/h3-6,9H,7-8H2,1-2H3. The van der Waals surface area contributed by atoms with E-state index in [1.807, 2.05) is 36.2 Å². The fourth-order valence-electron chi connectivity index (χ4n) is 1.61. The number of carbonyl (C=O) groups is 1. The maximum Gasteiger partial charge on any atom is 0.307 e. The third kappa shape index (κ3) is 2.74. The Balaban J connectivity index is 2.12. The second-order valence-electron chi connectivity index (χ2n) is 3.96. The Morgan fingerprint density at radius 2 is 2.06 bits per heavy atom. The molecule has 5 heteroatoms. The van der Waals surface area contributed by atoms with Gasteiger partial charge in [0.25, 0.3) is 0 Å². The summed E-state index contributed by atoms with van der Waals surface area (Å²) in [5.74, 6) is 0.521. The van der Waals surface area contributed by atoms with Crippen LogP contribution in [0.3, 0.4) is 0 Å². The summed E-state index contributed by atoms with van der Waals surface area (Å²) in [6.45, 7) is 0.555. The van der Waals surface area contributed by atoms with Gasteiger partial charge in [0, 0.05) is 13.6 Å². The lowest BCUT2D eigenvalue weighted by atomic mass is 10.3. The summed E-state index contributed by atoms with van der Waals surface area (Å²) in [5.41, 5.74) is 1.71. The van der Waals surface area contributed by atoms with Crippen LogP contribution in [0.2, 0.25) is 0 Å². The average molecular weight is 245 g/mol. The molecule has 0 saturated carbocycles. The van der Waals surface area contributed by atoms with Crippen molar-refractivity contribution >= 4 is 22.8 Å². The molecule has 0 bridgehead atoms. The van der Waals surface area contributed by atoms with Gasteiger partial charge >= 0.3 is 5.97 Å². The Hall–Kier alpha value is -2.17. The number of methoxy groups -OCH3 is 1. The average Bonchev–Trinajstić information content (AvgIpc) is 2.43. The molecule has 2 rings (SSSR count). The second kappa shape index (κ2) is 5.44. The van der Waals surface area contributed by atoms with Gasteiger partial charge in [0.1, 0.15) is 5.82 Å². The van der Waals surface area contributed by atoms with Crippen LogP contribution in [0.15, 0.2) is 30.5 Å². The molecule has 5 nitrogen and oxygen atoms in total. The van der Waals surface area contributed by atoms with Gasteiger partial charge in [-0.25, -0.2) is 4.98 Å². The smallest absolute Gasteiger partial charge is 0.307 e. The van der Waals surface area contributed by atoms with Crippen molar-refractivity contribution in [3.63, 3.8) is 0 Å². The van der Waals surface area contributed by atoms with Crippen LogP contribution in [0.1, 0.15) is 6.42 Å². The second-order valence-corrected chi connectivity index (χ2v) is 3.96. The highest BCUT2D eigenvalue weighted by Crippen LogP contribution is 2.14. The molecule has 0 aliphatic rings. The van der Waals surface area contributed by atoms with Crippen molar-refractivity contribution in [3.05, 3.63) is 30.5 Å². The van der Waals surface area contributed by atoms with Crippen LogP contribution < -0.4 is 4.90 Å². The van der Waals surface area contributed by atoms with Gasteiger partial charge in [-0.1, -0.05) is 12.1 Å². The highest BCUT2D eigenvalue weighted by molar-refractivity contribution is 5.75. The van der Waals surface area contributed by atoms with Crippen LogP contribution in [0, 0.1) is 0 Å². The van der Waals surface area contributed by atoms with Gasteiger partial charge < -0.3 is 9.64 Å². The number of para-hydroxylation sites is 2. The number of fused-ring (bicyclic) bond motifs is 1. The Kier molecular flexibility index (Phi) is 3.72. The molecule has 0 aliphatic carbocycles. The zero-order valence-corrected chi connectivity index (χ0v) is 10.5. The zero-order chi connectivity index (χ0) is 13.0. The minimum absolute atomic E-state index is 0.226. The molecule has 2 aromatic rings. The minimum atomic E-state index is -0.226. The molecule has 0 amide bonds. The number of aromatic nitrogens is 2. The first-order chi connectivity index (χ1) is 8.70. The van der Waals surface area contributed by atoms with E-state index in [-0.39, 0.29) is 5.97 Å². The molecule has 0 atom stereocenters. The highest BCUT2D eigenvalue weighted by atomic mass is 16.5. The van der Waals surface area contributed by atoms with Crippen LogP contribution >= 0.6 is 0 Å². The lowest BCUT2D eigenvalue weighted by Crippen LogP contribution is -2.22. The summed E-state index contributed by atoms with van der Waals surface area (Å²) in [7, 11) is 3.26. The van der Waals surface area contributed by atoms with E-state index < -0.39 is 0 Å². The van der Waals surface area contributed by atoms with E-state index in [4.69, 9.17) is 0 Å². The van der Waals surface area contributed by atoms with Crippen molar-refractivity contribution < 1.29 is 9.53 Å². The van der Waals surface area contributed by atoms with Gasteiger partial charge in [-0.3, -0.25) is 9.78 Å². The first-order valence-electron chi connectivity index (χ1n) is 5.70. The maximum absolute atomic E-state index is 11.1. The zero-order valence-electron chi connectivity index (χ0n) is 10.5. The molecule has 0 radical (unpaired) electrons. The van der Waals surface area contributed by atoms with Crippen LogP contribution in [0.4, 0.5) is 5.82 Å². The van der Waals surface area contributed by atoms with Crippen molar-refractivity contribution in [2.24, 2.45) is 0 Å². The molecule has 18 heavy (non-hydrogen) atoms. The normalized spacial score (nSPS) is 10.3. The minimum Gasteiger partial charge on any atom is -0.469 e. The number of ether oxygens (including phenoxy) is 1. The van der Waals surface area contributed by atoms with E-state index in [9.17, 15) is 4.79 Å². The molecular formula is C13H15N3O2. The predicted molar refractivity (Wildman–Crippen MR) is 69.4 cm³/mol. The van der Waals surface area contributed by atoms with Gasteiger partial charge in [0.05, 0.1) is 30.8 Å². The topological polar surface area (TPSA) is 55.3 Å². The predicted octanol–water partition coefficient (Wildman–Crippen LogP) is 1.63. The molecule has 1 aromatic heterocycles. The molecule has 1 aromatic carbocycles.